The summed E-state index contributed by atoms with van der Waals surface area (Å²) in [5, 5.41) is 2.66. The normalized spacial score (nSPS) is 12.8. The standard InChI is InChI=1S/C30H35ClFN3O4S/c1-5-22(4)33-30(37)28(6-2)34(19-23-13-11-10-12-21(23)3)29(36)20-35(24-16-17-27(32)26(31)18-24)40(38,39)25-14-8-7-9-15-25/h7-18,22,28H,5-6,19-20H2,1-4H3,(H,33,37). The molecular formula is C30H35ClFN3O4S. The molecule has 0 saturated carbocycles. The number of aryl methyl sites for hydroxylation is 1. The van der Waals surface area contributed by atoms with Crippen LogP contribution in [0.3, 0.4) is 0 Å². The van der Waals surface area contributed by atoms with Crippen LogP contribution in [0.15, 0.2) is 77.7 Å². The second kappa shape index (κ2) is 13.8. The van der Waals surface area contributed by atoms with Crippen LogP contribution >= 0.6 is 11.6 Å². The van der Waals surface area contributed by atoms with Crippen molar-refractivity contribution in [2.24, 2.45) is 0 Å². The third kappa shape index (κ3) is 7.40. The summed E-state index contributed by atoms with van der Waals surface area (Å²) in [5.41, 5.74) is 1.78. The zero-order valence-corrected chi connectivity index (χ0v) is 24.7. The number of halogens is 2. The number of amides is 2. The van der Waals surface area contributed by atoms with Gasteiger partial charge in [-0.2, -0.15) is 0 Å². The number of anilines is 1. The second-order valence-electron chi connectivity index (χ2n) is 9.61. The number of nitrogens with zero attached hydrogens (tertiary/aromatic N) is 2. The highest BCUT2D eigenvalue weighted by Crippen LogP contribution is 2.28. The number of hydrogen-bond donors (Lipinski definition) is 1. The first-order valence-electron chi connectivity index (χ1n) is 13.2. The summed E-state index contributed by atoms with van der Waals surface area (Å²) in [6.45, 7) is 7.01. The number of benzene rings is 3. The largest absolute Gasteiger partial charge is 0.352 e. The Morgan fingerprint density at radius 2 is 1.62 bits per heavy atom. The first-order chi connectivity index (χ1) is 19.0. The van der Waals surface area contributed by atoms with E-state index < -0.39 is 34.3 Å². The average molecular weight is 588 g/mol. The van der Waals surface area contributed by atoms with Gasteiger partial charge in [-0.3, -0.25) is 13.9 Å². The molecule has 214 valence electrons. The number of sulfonamides is 1. The molecule has 0 spiro atoms. The van der Waals surface area contributed by atoms with E-state index in [2.05, 4.69) is 5.32 Å². The van der Waals surface area contributed by atoms with Crippen molar-refractivity contribution in [2.75, 3.05) is 10.8 Å². The van der Waals surface area contributed by atoms with Crippen molar-refractivity contribution in [1.29, 1.82) is 0 Å². The molecule has 3 aromatic rings. The fourth-order valence-electron chi connectivity index (χ4n) is 4.22. The maximum atomic E-state index is 14.1. The van der Waals surface area contributed by atoms with Gasteiger partial charge in [-0.15, -0.1) is 0 Å². The molecule has 3 rings (SSSR count). The second-order valence-corrected chi connectivity index (χ2v) is 11.9. The Hall–Kier alpha value is -3.43. The van der Waals surface area contributed by atoms with Crippen LogP contribution in [0.25, 0.3) is 0 Å². The topological polar surface area (TPSA) is 86.8 Å². The predicted molar refractivity (Wildman–Crippen MR) is 156 cm³/mol. The van der Waals surface area contributed by atoms with E-state index in [-0.39, 0.29) is 34.1 Å². The van der Waals surface area contributed by atoms with Crippen molar-refractivity contribution in [1.82, 2.24) is 10.2 Å². The van der Waals surface area contributed by atoms with Gasteiger partial charge in [-0.25, -0.2) is 12.8 Å². The van der Waals surface area contributed by atoms with Crippen LogP contribution in [0, 0.1) is 12.7 Å². The summed E-state index contributed by atoms with van der Waals surface area (Å²) in [7, 11) is -4.26. The number of hydrogen-bond acceptors (Lipinski definition) is 4. The maximum absolute atomic E-state index is 14.1. The Labute approximate surface area is 241 Å². The van der Waals surface area contributed by atoms with Crippen molar-refractivity contribution in [3.05, 3.63) is 94.8 Å². The molecule has 1 N–H and O–H groups in total. The minimum Gasteiger partial charge on any atom is -0.352 e. The van der Waals surface area contributed by atoms with Crippen LogP contribution < -0.4 is 9.62 Å². The molecule has 2 amide bonds. The van der Waals surface area contributed by atoms with Gasteiger partial charge in [-0.05, 0) is 68.1 Å². The van der Waals surface area contributed by atoms with Gasteiger partial charge in [0.15, 0.2) is 0 Å². The van der Waals surface area contributed by atoms with Crippen LogP contribution in [0.1, 0.15) is 44.7 Å². The Morgan fingerprint density at radius 3 is 2.23 bits per heavy atom. The molecule has 0 saturated heterocycles. The third-order valence-corrected chi connectivity index (χ3v) is 8.87. The lowest BCUT2D eigenvalue weighted by Gasteiger charge is -2.34. The highest BCUT2D eigenvalue weighted by Gasteiger charge is 2.34. The molecule has 10 heteroatoms. The van der Waals surface area contributed by atoms with Gasteiger partial charge in [0.1, 0.15) is 18.4 Å². The molecule has 7 nitrogen and oxygen atoms in total. The molecule has 0 radical (unpaired) electrons. The van der Waals surface area contributed by atoms with Gasteiger partial charge in [0.25, 0.3) is 10.0 Å². The van der Waals surface area contributed by atoms with E-state index in [9.17, 15) is 22.4 Å². The summed E-state index contributed by atoms with van der Waals surface area (Å²) >= 11 is 6.01. The molecule has 0 aliphatic carbocycles. The van der Waals surface area contributed by atoms with Crippen LogP contribution in [0.5, 0.6) is 0 Å². The zero-order valence-electron chi connectivity index (χ0n) is 23.1. The van der Waals surface area contributed by atoms with Crippen molar-refractivity contribution in [2.45, 2.75) is 64.1 Å². The molecule has 3 aromatic carbocycles. The van der Waals surface area contributed by atoms with Crippen LogP contribution in [0.4, 0.5) is 10.1 Å². The molecular weight excluding hydrogens is 553 g/mol. The SMILES string of the molecule is CCC(C)NC(=O)C(CC)N(Cc1ccccc1C)C(=O)CN(c1ccc(F)c(Cl)c1)S(=O)(=O)c1ccccc1. The summed E-state index contributed by atoms with van der Waals surface area (Å²) in [6, 6.07) is 17.7. The van der Waals surface area contributed by atoms with Crippen LogP contribution in [0.2, 0.25) is 5.02 Å². The van der Waals surface area contributed by atoms with Crippen LogP contribution in [-0.2, 0) is 26.2 Å². The lowest BCUT2D eigenvalue weighted by atomic mass is 10.1. The lowest BCUT2D eigenvalue weighted by molar-refractivity contribution is -0.140. The van der Waals surface area contributed by atoms with Gasteiger partial charge in [-0.1, -0.05) is 67.9 Å². The Bertz CT molecular complexity index is 1440. The summed E-state index contributed by atoms with van der Waals surface area (Å²) in [4.78, 5) is 28.8. The average Bonchev–Trinajstić information content (AvgIpc) is 2.94. The molecule has 0 bridgehead atoms. The quantitative estimate of drug-likeness (QED) is 0.294. The van der Waals surface area contributed by atoms with Crippen molar-refractivity contribution in [3.63, 3.8) is 0 Å². The van der Waals surface area contributed by atoms with E-state index in [4.69, 9.17) is 11.6 Å². The number of rotatable bonds is 12. The van der Waals surface area contributed by atoms with E-state index in [0.29, 0.717) is 12.8 Å². The maximum Gasteiger partial charge on any atom is 0.264 e. The molecule has 40 heavy (non-hydrogen) atoms. The first kappa shape index (κ1) is 31.1. The fourth-order valence-corrected chi connectivity index (χ4v) is 5.82. The Balaban J connectivity index is 2.08. The van der Waals surface area contributed by atoms with E-state index in [1.54, 1.807) is 25.1 Å². The van der Waals surface area contributed by atoms with E-state index in [1.807, 2.05) is 45.0 Å². The highest BCUT2D eigenvalue weighted by atomic mass is 35.5. The van der Waals surface area contributed by atoms with Gasteiger partial charge >= 0.3 is 0 Å². The predicted octanol–water partition coefficient (Wildman–Crippen LogP) is 5.70. The van der Waals surface area contributed by atoms with Crippen molar-refractivity contribution < 1.29 is 22.4 Å². The molecule has 0 heterocycles. The fraction of sp³-hybridized carbons (Fsp3) is 0.333. The molecule has 0 fully saturated rings. The lowest BCUT2D eigenvalue weighted by Crippen LogP contribution is -2.53. The minimum atomic E-state index is -4.26. The third-order valence-electron chi connectivity index (χ3n) is 6.79. The first-order valence-corrected chi connectivity index (χ1v) is 15.0. The number of nitrogens with one attached hydrogen (secondary N) is 1. The monoisotopic (exact) mass is 587 g/mol. The highest BCUT2D eigenvalue weighted by molar-refractivity contribution is 7.92. The van der Waals surface area contributed by atoms with E-state index in [0.717, 1.165) is 21.5 Å². The van der Waals surface area contributed by atoms with Crippen molar-refractivity contribution >= 4 is 39.1 Å². The Morgan fingerprint density at radius 1 is 0.975 bits per heavy atom. The molecule has 0 aliphatic rings. The smallest absolute Gasteiger partial charge is 0.264 e. The minimum absolute atomic E-state index is 0.0246. The van der Waals surface area contributed by atoms with Gasteiger partial charge in [0.05, 0.1) is 15.6 Å². The molecule has 0 aliphatic heterocycles. The van der Waals surface area contributed by atoms with Crippen molar-refractivity contribution in [3.8, 4) is 0 Å². The number of carbonyl (C=O) groups is 2. The molecule has 2 atom stereocenters. The van der Waals surface area contributed by atoms with E-state index >= 15 is 0 Å². The van der Waals surface area contributed by atoms with Gasteiger partial charge < -0.3 is 10.2 Å². The zero-order chi connectivity index (χ0) is 29.4. The Kier molecular flexibility index (Phi) is 10.7. The number of carbonyl (C=O) groups excluding carboxylic acids is 2. The van der Waals surface area contributed by atoms with Gasteiger partial charge in [0, 0.05) is 12.6 Å². The summed E-state index contributed by atoms with van der Waals surface area (Å²) < 4.78 is 42.5. The summed E-state index contributed by atoms with van der Waals surface area (Å²) in [6.07, 6.45) is 1.02. The molecule has 2 unspecified atom stereocenters. The van der Waals surface area contributed by atoms with Crippen LogP contribution in [-0.4, -0.2) is 43.8 Å². The van der Waals surface area contributed by atoms with Gasteiger partial charge in [0.2, 0.25) is 11.8 Å². The molecule has 0 aromatic heterocycles. The summed E-state index contributed by atoms with van der Waals surface area (Å²) in [5.74, 6) is -1.63. The van der Waals surface area contributed by atoms with E-state index in [1.165, 1.54) is 29.2 Å².